The van der Waals surface area contributed by atoms with Crippen LogP contribution in [0.1, 0.15) is 75.2 Å². The quantitative estimate of drug-likeness (QED) is 0.503. The first-order chi connectivity index (χ1) is 12.9. The van der Waals surface area contributed by atoms with E-state index >= 15 is 0 Å². The molecular formula is C26H32O. The Morgan fingerprint density at radius 2 is 1.67 bits per heavy atom. The highest BCUT2D eigenvalue weighted by molar-refractivity contribution is 6.03. The van der Waals surface area contributed by atoms with Crippen molar-refractivity contribution in [3.63, 3.8) is 0 Å². The van der Waals surface area contributed by atoms with E-state index in [-0.39, 0.29) is 5.92 Å². The summed E-state index contributed by atoms with van der Waals surface area (Å²) >= 11 is 0. The van der Waals surface area contributed by atoms with Gasteiger partial charge in [-0.05, 0) is 83.6 Å². The van der Waals surface area contributed by atoms with E-state index in [4.69, 9.17) is 0 Å². The van der Waals surface area contributed by atoms with Crippen LogP contribution in [0.3, 0.4) is 0 Å². The second-order valence-electron chi connectivity index (χ2n) is 10.5. The maximum Gasteiger partial charge on any atom is 0.166 e. The highest BCUT2D eigenvalue weighted by Crippen LogP contribution is 2.62. The largest absolute Gasteiger partial charge is 0.294 e. The normalized spacial score (nSPS) is 35.1. The van der Waals surface area contributed by atoms with Crippen LogP contribution in [-0.2, 0) is 6.42 Å². The molecule has 0 spiro atoms. The van der Waals surface area contributed by atoms with Crippen LogP contribution in [0, 0.1) is 28.6 Å². The number of hydrogen-bond acceptors (Lipinski definition) is 1. The van der Waals surface area contributed by atoms with E-state index in [0.717, 1.165) is 24.3 Å². The van der Waals surface area contributed by atoms with Gasteiger partial charge in [-0.25, -0.2) is 0 Å². The van der Waals surface area contributed by atoms with Gasteiger partial charge in [0.05, 0.1) is 0 Å². The molecule has 142 valence electrons. The molecule has 3 aliphatic rings. The lowest BCUT2D eigenvalue weighted by Gasteiger charge is -2.59. The zero-order valence-electron chi connectivity index (χ0n) is 17.1. The molecule has 0 saturated heterocycles. The molecule has 0 aromatic heterocycles. The molecule has 3 aliphatic carbocycles. The molecule has 5 rings (SSSR count). The lowest BCUT2D eigenvalue weighted by atomic mass is 9.45. The molecule has 1 heteroatoms. The predicted molar refractivity (Wildman–Crippen MR) is 112 cm³/mol. The maximum absolute atomic E-state index is 13.7. The molecule has 2 saturated carbocycles. The molecule has 0 aliphatic heterocycles. The first kappa shape index (κ1) is 17.5. The number of fused-ring (bicyclic) bond motifs is 5. The Morgan fingerprint density at radius 1 is 0.926 bits per heavy atom. The number of carbonyl (C=O) groups excluding carboxylic acids is 1. The van der Waals surface area contributed by atoms with Gasteiger partial charge in [-0.15, -0.1) is 0 Å². The molecule has 0 unspecified atom stereocenters. The van der Waals surface area contributed by atoms with Crippen LogP contribution in [0.15, 0.2) is 36.4 Å². The number of Topliss-reactive ketones (excluding diaryl/α,β-unsaturated/α-hetero) is 1. The van der Waals surface area contributed by atoms with Crippen molar-refractivity contribution in [1.82, 2.24) is 0 Å². The summed E-state index contributed by atoms with van der Waals surface area (Å²) in [5, 5.41) is 2.48. The molecule has 1 nitrogen and oxygen atoms in total. The van der Waals surface area contributed by atoms with Crippen LogP contribution in [0.4, 0.5) is 0 Å². The van der Waals surface area contributed by atoms with Crippen molar-refractivity contribution in [3.05, 3.63) is 47.5 Å². The number of aryl methyl sites for hydroxylation is 1. The van der Waals surface area contributed by atoms with Crippen molar-refractivity contribution in [2.24, 2.45) is 28.6 Å². The summed E-state index contributed by atoms with van der Waals surface area (Å²) in [6.45, 7) is 7.50. The molecule has 0 radical (unpaired) electrons. The molecule has 4 atom stereocenters. The molecule has 0 bridgehead atoms. The molecule has 2 fully saturated rings. The molecule has 0 amide bonds. The van der Waals surface area contributed by atoms with Gasteiger partial charge >= 0.3 is 0 Å². The fourth-order valence-electron chi connectivity index (χ4n) is 7.42. The Bertz CT molecular complexity index is 908. The van der Waals surface area contributed by atoms with Gasteiger partial charge < -0.3 is 0 Å². The lowest BCUT2D eigenvalue weighted by Crippen LogP contribution is -2.52. The third-order valence-corrected chi connectivity index (χ3v) is 8.67. The minimum Gasteiger partial charge on any atom is -0.294 e. The summed E-state index contributed by atoms with van der Waals surface area (Å²) < 4.78 is 0. The van der Waals surface area contributed by atoms with Crippen molar-refractivity contribution >= 4 is 16.6 Å². The Kier molecular flexibility index (Phi) is 3.84. The SMILES string of the molecule is CC1(C)CCC[C@]2(C)[C@H]3CCc4cc5ccccc5cc4C(=O)[C@H]3CC[C@@H]12. The molecule has 2 aromatic carbocycles. The Hall–Kier alpha value is -1.63. The van der Waals surface area contributed by atoms with Crippen LogP contribution in [0.25, 0.3) is 10.8 Å². The van der Waals surface area contributed by atoms with Crippen LogP contribution < -0.4 is 0 Å². The average molecular weight is 361 g/mol. The van der Waals surface area contributed by atoms with E-state index in [1.54, 1.807) is 0 Å². The molecule has 0 heterocycles. The monoisotopic (exact) mass is 360 g/mol. The zero-order valence-corrected chi connectivity index (χ0v) is 17.1. The van der Waals surface area contributed by atoms with Gasteiger partial charge in [0, 0.05) is 11.5 Å². The smallest absolute Gasteiger partial charge is 0.166 e. The second kappa shape index (κ2) is 5.93. The minimum absolute atomic E-state index is 0.238. The first-order valence-electron chi connectivity index (χ1n) is 11.0. The van der Waals surface area contributed by atoms with Gasteiger partial charge in [-0.1, -0.05) is 57.5 Å². The first-order valence-corrected chi connectivity index (χ1v) is 11.0. The van der Waals surface area contributed by atoms with Gasteiger partial charge in [0.1, 0.15) is 0 Å². The van der Waals surface area contributed by atoms with E-state index in [1.807, 2.05) is 0 Å². The van der Waals surface area contributed by atoms with Crippen LogP contribution in [0.5, 0.6) is 0 Å². The summed E-state index contributed by atoms with van der Waals surface area (Å²) in [7, 11) is 0. The fraction of sp³-hybridized carbons (Fsp3) is 0.577. The van der Waals surface area contributed by atoms with Crippen LogP contribution in [0.2, 0.25) is 0 Å². The second-order valence-corrected chi connectivity index (χ2v) is 10.5. The van der Waals surface area contributed by atoms with Crippen molar-refractivity contribution in [2.45, 2.75) is 65.7 Å². The standard InChI is InChI=1S/C26H32O/c1-25(2)13-6-14-26(3)22-11-9-19-15-17-7-4-5-8-18(17)16-21(19)24(27)20(22)10-12-23(25)26/h4-5,7-8,15-16,20,22-23H,6,9-14H2,1-3H3/t20-,22-,23-,26+/m0/s1. The highest BCUT2D eigenvalue weighted by atomic mass is 16.1. The fourth-order valence-corrected chi connectivity index (χ4v) is 7.42. The van der Waals surface area contributed by atoms with Gasteiger partial charge in [0.15, 0.2) is 5.78 Å². The Labute approximate surface area is 163 Å². The van der Waals surface area contributed by atoms with Crippen molar-refractivity contribution in [2.75, 3.05) is 0 Å². The molecule has 2 aromatic rings. The summed E-state index contributed by atoms with van der Waals surface area (Å²) in [5.41, 5.74) is 3.08. The van der Waals surface area contributed by atoms with Gasteiger partial charge in [0.2, 0.25) is 0 Å². The van der Waals surface area contributed by atoms with Crippen molar-refractivity contribution in [3.8, 4) is 0 Å². The molecular weight excluding hydrogens is 328 g/mol. The predicted octanol–water partition coefficient (Wildman–Crippen LogP) is 6.83. The van der Waals surface area contributed by atoms with Gasteiger partial charge in [-0.3, -0.25) is 4.79 Å². The van der Waals surface area contributed by atoms with E-state index < -0.39 is 0 Å². The van der Waals surface area contributed by atoms with E-state index in [1.165, 1.54) is 48.4 Å². The number of benzene rings is 2. The van der Waals surface area contributed by atoms with Crippen molar-refractivity contribution < 1.29 is 4.79 Å². The number of hydrogen-bond donors (Lipinski definition) is 0. The summed E-state index contributed by atoms with van der Waals surface area (Å²) in [5.74, 6) is 2.01. The Balaban J connectivity index is 1.58. The number of rotatable bonds is 0. The zero-order chi connectivity index (χ0) is 18.8. The van der Waals surface area contributed by atoms with Gasteiger partial charge in [0.25, 0.3) is 0 Å². The topological polar surface area (TPSA) is 17.1 Å². The third-order valence-electron chi connectivity index (χ3n) is 8.67. The summed E-state index contributed by atoms with van der Waals surface area (Å²) in [6.07, 6.45) is 8.58. The minimum atomic E-state index is 0.238. The molecule has 27 heavy (non-hydrogen) atoms. The molecule has 0 N–H and O–H groups in total. The average Bonchev–Trinajstić information content (AvgIpc) is 2.77. The number of carbonyl (C=O) groups is 1. The summed E-state index contributed by atoms with van der Waals surface area (Å²) in [4.78, 5) is 13.7. The van der Waals surface area contributed by atoms with Crippen molar-refractivity contribution in [1.29, 1.82) is 0 Å². The van der Waals surface area contributed by atoms with E-state index in [2.05, 4.69) is 57.2 Å². The van der Waals surface area contributed by atoms with Crippen LogP contribution >= 0.6 is 0 Å². The lowest BCUT2D eigenvalue weighted by molar-refractivity contribution is -0.0910. The Morgan fingerprint density at radius 3 is 2.44 bits per heavy atom. The maximum atomic E-state index is 13.7. The van der Waals surface area contributed by atoms with Gasteiger partial charge in [-0.2, -0.15) is 0 Å². The highest BCUT2D eigenvalue weighted by Gasteiger charge is 2.56. The third kappa shape index (κ3) is 2.53. The summed E-state index contributed by atoms with van der Waals surface area (Å²) in [6, 6.07) is 13.0. The van der Waals surface area contributed by atoms with E-state index in [0.29, 0.717) is 22.5 Å². The van der Waals surface area contributed by atoms with Crippen LogP contribution in [-0.4, -0.2) is 5.78 Å². The number of ketones is 1. The van der Waals surface area contributed by atoms with E-state index in [9.17, 15) is 4.79 Å².